The van der Waals surface area contributed by atoms with Gasteiger partial charge in [-0.2, -0.15) is 0 Å². The number of hydrogen-bond acceptors (Lipinski definition) is 6. The molecular weight excluding hydrogens is 376 g/mol. The van der Waals surface area contributed by atoms with E-state index in [2.05, 4.69) is 23.2 Å². The lowest BCUT2D eigenvalue weighted by Gasteiger charge is -2.50. The van der Waals surface area contributed by atoms with Gasteiger partial charge in [-0.1, -0.05) is 12.8 Å². The van der Waals surface area contributed by atoms with Crippen LogP contribution in [-0.4, -0.2) is 45.7 Å². The first kappa shape index (κ1) is 20.2. The minimum Gasteiger partial charge on any atom is -0.462 e. The van der Waals surface area contributed by atoms with Gasteiger partial charge in [0, 0.05) is 42.4 Å². The number of hydrogen-bond donors (Lipinski definition) is 2. The average Bonchev–Trinajstić information content (AvgIpc) is 3.46. The number of aliphatic hydroxyl groups is 1. The SMILES string of the molecule is Cc1nc(C2CCCC2)cc(C2CN3CCC2CC3CNCc2ccc(CO)o2)n1. The Kier molecular flexibility index (Phi) is 5.89. The largest absolute Gasteiger partial charge is 0.462 e. The van der Waals surface area contributed by atoms with Crippen LogP contribution < -0.4 is 5.32 Å². The number of nitrogens with one attached hydrogen (secondary N) is 1. The van der Waals surface area contributed by atoms with Gasteiger partial charge in [-0.15, -0.1) is 0 Å². The molecule has 1 aliphatic carbocycles. The van der Waals surface area contributed by atoms with Gasteiger partial charge in [0.2, 0.25) is 0 Å². The van der Waals surface area contributed by atoms with Crippen molar-refractivity contribution in [1.29, 1.82) is 0 Å². The molecule has 4 unspecified atom stereocenters. The highest BCUT2D eigenvalue weighted by Gasteiger charge is 2.41. The monoisotopic (exact) mass is 410 g/mol. The first-order chi connectivity index (χ1) is 14.7. The molecule has 162 valence electrons. The quantitative estimate of drug-likeness (QED) is 0.728. The number of fused-ring (bicyclic) bond motifs is 3. The van der Waals surface area contributed by atoms with Crippen LogP contribution in [0.4, 0.5) is 0 Å². The minimum atomic E-state index is -0.0373. The van der Waals surface area contributed by atoms with Crippen molar-refractivity contribution in [2.45, 2.75) is 76.5 Å². The Labute approximate surface area is 179 Å². The lowest BCUT2D eigenvalue weighted by Crippen LogP contribution is -2.55. The Morgan fingerprint density at radius 1 is 1.13 bits per heavy atom. The van der Waals surface area contributed by atoms with Gasteiger partial charge in [0.1, 0.15) is 24.0 Å². The normalized spacial score (nSPS) is 29.0. The van der Waals surface area contributed by atoms with Crippen molar-refractivity contribution in [1.82, 2.24) is 20.2 Å². The van der Waals surface area contributed by atoms with Gasteiger partial charge in [0.05, 0.1) is 6.54 Å². The Hall–Kier alpha value is -1.76. The van der Waals surface area contributed by atoms with E-state index >= 15 is 0 Å². The Morgan fingerprint density at radius 3 is 2.67 bits per heavy atom. The number of aromatic nitrogens is 2. The van der Waals surface area contributed by atoms with Crippen molar-refractivity contribution in [2.24, 2.45) is 5.92 Å². The summed E-state index contributed by atoms with van der Waals surface area (Å²) < 4.78 is 5.58. The Morgan fingerprint density at radius 2 is 1.93 bits per heavy atom. The summed E-state index contributed by atoms with van der Waals surface area (Å²) in [6.07, 6.45) is 7.78. The first-order valence-electron chi connectivity index (χ1n) is 11.7. The van der Waals surface area contributed by atoms with Crippen LogP contribution in [0.3, 0.4) is 0 Å². The second-order valence-electron chi connectivity index (χ2n) is 9.44. The molecule has 4 atom stereocenters. The van der Waals surface area contributed by atoms with Gasteiger partial charge in [-0.3, -0.25) is 4.90 Å². The van der Waals surface area contributed by atoms with Crippen LogP contribution in [-0.2, 0) is 13.2 Å². The maximum atomic E-state index is 9.14. The standard InChI is InChI=1S/C24H34N4O2/c1-16-26-23(17-4-2-3-5-17)11-24(27-16)22-14-28-9-8-18(22)10-19(28)12-25-13-20-6-7-21(15-29)30-20/h6-7,11,17-19,22,25,29H,2-5,8-10,12-15H2,1H3. The van der Waals surface area contributed by atoms with E-state index in [0.29, 0.717) is 30.2 Å². The van der Waals surface area contributed by atoms with Crippen molar-refractivity contribution in [3.05, 3.63) is 46.9 Å². The summed E-state index contributed by atoms with van der Waals surface area (Å²) in [6, 6.07) is 6.72. The second kappa shape index (κ2) is 8.77. The predicted molar refractivity (Wildman–Crippen MR) is 115 cm³/mol. The molecule has 2 aromatic heterocycles. The Balaban J connectivity index is 1.21. The molecule has 3 saturated heterocycles. The van der Waals surface area contributed by atoms with E-state index in [4.69, 9.17) is 19.5 Å². The van der Waals surface area contributed by atoms with E-state index in [-0.39, 0.29) is 6.61 Å². The summed E-state index contributed by atoms with van der Waals surface area (Å²) in [6.45, 7) is 6.04. The smallest absolute Gasteiger partial charge is 0.129 e. The summed E-state index contributed by atoms with van der Waals surface area (Å²) >= 11 is 0. The molecule has 0 amide bonds. The lowest BCUT2D eigenvalue weighted by atomic mass is 9.74. The molecule has 2 N–H and O–H groups in total. The van der Waals surface area contributed by atoms with Crippen molar-refractivity contribution < 1.29 is 9.52 Å². The van der Waals surface area contributed by atoms with Gasteiger partial charge in [0.15, 0.2) is 0 Å². The Bertz CT molecular complexity index is 861. The number of aliphatic hydroxyl groups excluding tert-OH is 1. The third-order valence-corrected chi connectivity index (χ3v) is 7.46. The molecule has 4 fully saturated rings. The summed E-state index contributed by atoms with van der Waals surface area (Å²) in [4.78, 5) is 12.4. The topological polar surface area (TPSA) is 74.4 Å². The maximum absolute atomic E-state index is 9.14. The molecule has 5 heterocycles. The third kappa shape index (κ3) is 4.18. The highest BCUT2D eigenvalue weighted by molar-refractivity contribution is 5.22. The molecule has 2 aromatic rings. The number of nitrogens with zero attached hydrogens (tertiary/aromatic N) is 3. The molecule has 0 radical (unpaired) electrons. The number of furan rings is 1. The molecule has 0 spiro atoms. The zero-order valence-corrected chi connectivity index (χ0v) is 18.0. The van der Waals surface area contributed by atoms with Gasteiger partial charge < -0.3 is 14.8 Å². The van der Waals surface area contributed by atoms with Gasteiger partial charge in [-0.25, -0.2) is 9.97 Å². The van der Waals surface area contributed by atoms with E-state index in [1.807, 2.05) is 12.1 Å². The summed E-state index contributed by atoms with van der Waals surface area (Å²) in [5.74, 6) is 4.39. The molecule has 6 heteroatoms. The van der Waals surface area contributed by atoms with E-state index in [0.717, 1.165) is 30.6 Å². The fraction of sp³-hybridized carbons (Fsp3) is 0.667. The predicted octanol–water partition coefficient (Wildman–Crippen LogP) is 3.50. The van der Waals surface area contributed by atoms with Crippen LogP contribution in [0.1, 0.15) is 79.1 Å². The third-order valence-electron chi connectivity index (χ3n) is 7.46. The molecule has 4 aliphatic rings. The van der Waals surface area contributed by atoms with Crippen LogP contribution in [0, 0.1) is 12.8 Å². The van der Waals surface area contributed by atoms with Gasteiger partial charge in [0.25, 0.3) is 0 Å². The van der Waals surface area contributed by atoms with Crippen molar-refractivity contribution in [3.63, 3.8) is 0 Å². The average molecular weight is 411 g/mol. The number of piperidine rings is 3. The highest BCUT2D eigenvalue weighted by Crippen LogP contribution is 2.42. The van der Waals surface area contributed by atoms with E-state index in [9.17, 15) is 0 Å². The van der Waals surface area contributed by atoms with E-state index in [1.54, 1.807) is 0 Å². The van der Waals surface area contributed by atoms with Gasteiger partial charge in [-0.05, 0) is 63.3 Å². The zero-order chi connectivity index (χ0) is 20.5. The molecule has 30 heavy (non-hydrogen) atoms. The van der Waals surface area contributed by atoms with Gasteiger partial charge >= 0.3 is 0 Å². The zero-order valence-electron chi connectivity index (χ0n) is 18.0. The summed E-state index contributed by atoms with van der Waals surface area (Å²) in [5, 5.41) is 12.7. The number of rotatable bonds is 7. The molecule has 2 bridgehead atoms. The number of aryl methyl sites for hydroxylation is 1. The molecule has 3 aliphatic heterocycles. The summed E-state index contributed by atoms with van der Waals surface area (Å²) in [7, 11) is 0. The molecule has 0 aromatic carbocycles. The maximum Gasteiger partial charge on any atom is 0.129 e. The molecular formula is C24H34N4O2. The fourth-order valence-corrected chi connectivity index (χ4v) is 5.89. The van der Waals surface area contributed by atoms with Crippen LogP contribution in [0.2, 0.25) is 0 Å². The minimum absolute atomic E-state index is 0.0373. The second-order valence-corrected chi connectivity index (χ2v) is 9.44. The molecule has 6 nitrogen and oxygen atoms in total. The van der Waals surface area contributed by atoms with Crippen LogP contribution in [0.5, 0.6) is 0 Å². The van der Waals surface area contributed by atoms with Crippen molar-refractivity contribution in [3.8, 4) is 0 Å². The van der Waals surface area contributed by atoms with Crippen LogP contribution in [0.25, 0.3) is 0 Å². The molecule has 1 saturated carbocycles. The van der Waals surface area contributed by atoms with E-state index in [1.165, 1.54) is 56.5 Å². The van der Waals surface area contributed by atoms with Crippen LogP contribution in [0.15, 0.2) is 22.6 Å². The molecule has 6 rings (SSSR count). The highest BCUT2D eigenvalue weighted by atomic mass is 16.4. The van der Waals surface area contributed by atoms with Crippen molar-refractivity contribution in [2.75, 3.05) is 19.6 Å². The van der Waals surface area contributed by atoms with Crippen molar-refractivity contribution >= 4 is 0 Å². The summed E-state index contributed by atoms with van der Waals surface area (Å²) in [5.41, 5.74) is 2.59. The fourth-order valence-electron chi connectivity index (χ4n) is 5.89. The van der Waals surface area contributed by atoms with E-state index < -0.39 is 0 Å². The first-order valence-corrected chi connectivity index (χ1v) is 11.7. The lowest BCUT2D eigenvalue weighted by molar-refractivity contribution is 0.0289. The van der Waals surface area contributed by atoms with Crippen LogP contribution >= 0.6 is 0 Å².